The molecule has 0 aliphatic rings. The van der Waals surface area contributed by atoms with E-state index in [0.29, 0.717) is 18.8 Å². The lowest BCUT2D eigenvalue weighted by molar-refractivity contribution is 0.0312. The Morgan fingerprint density at radius 2 is 1.76 bits per heavy atom. The summed E-state index contributed by atoms with van der Waals surface area (Å²) in [6.45, 7) is 5.74. The summed E-state index contributed by atoms with van der Waals surface area (Å²) in [5, 5.41) is 0. The van der Waals surface area contributed by atoms with Gasteiger partial charge in [-0.2, -0.15) is 0 Å². The molecule has 1 aromatic carbocycles. The number of ether oxygens (including phenoxy) is 2. The van der Waals surface area contributed by atoms with Gasteiger partial charge in [0.25, 0.3) is 0 Å². The minimum absolute atomic E-state index is 0.276. The molecular weight excluding hydrogens is 264 g/mol. The molecule has 0 aliphatic heterocycles. The molecule has 0 aromatic heterocycles. The number of aryl methyl sites for hydroxylation is 1. The lowest BCUT2D eigenvalue weighted by Crippen LogP contribution is -2.11. The smallest absolute Gasteiger partial charge is 0.338 e. The number of unbranched alkanes of at least 4 members (excludes halogenated alkanes) is 5. The molecule has 0 saturated carbocycles. The molecule has 0 spiro atoms. The van der Waals surface area contributed by atoms with Crippen molar-refractivity contribution in [3.8, 4) is 0 Å². The van der Waals surface area contributed by atoms with Crippen LogP contribution < -0.4 is 0 Å². The molecule has 1 aromatic rings. The van der Waals surface area contributed by atoms with Crippen LogP contribution in [0.5, 0.6) is 0 Å². The highest BCUT2D eigenvalue weighted by Crippen LogP contribution is 2.06. The maximum Gasteiger partial charge on any atom is 0.338 e. The standard InChI is InChI=1S/C18H28O3/c1-3-4-5-6-7-8-12-20-13-14-21-18(19)17-11-9-10-16(2)15-17/h9-11,15H,3-8,12-14H2,1-2H3. The summed E-state index contributed by atoms with van der Waals surface area (Å²) in [4.78, 5) is 11.8. The number of carbonyl (C=O) groups is 1. The van der Waals surface area contributed by atoms with Gasteiger partial charge in [-0.1, -0.05) is 56.7 Å². The van der Waals surface area contributed by atoms with E-state index < -0.39 is 0 Å². The fourth-order valence-corrected chi connectivity index (χ4v) is 2.14. The van der Waals surface area contributed by atoms with Crippen molar-refractivity contribution in [2.75, 3.05) is 19.8 Å². The molecule has 21 heavy (non-hydrogen) atoms. The molecule has 3 heteroatoms. The van der Waals surface area contributed by atoms with Gasteiger partial charge in [0.1, 0.15) is 6.61 Å². The van der Waals surface area contributed by atoms with Crippen LogP contribution in [0.2, 0.25) is 0 Å². The Morgan fingerprint density at radius 1 is 1.00 bits per heavy atom. The number of esters is 1. The second-order valence-electron chi connectivity index (χ2n) is 5.39. The quantitative estimate of drug-likeness (QED) is 0.444. The van der Waals surface area contributed by atoms with Gasteiger partial charge in [-0.15, -0.1) is 0 Å². The van der Waals surface area contributed by atoms with E-state index in [1.54, 1.807) is 6.07 Å². The second-order valence-corrected chi connectivity index (χ2v) is 5.39. The first-order chi connectivity index (χ1) is 10.2. The Balaban J connectivity index is 1.98. The molecule has 0 saturated heterocycles. The van der Waals surface area contributed by atoms with Crippen molar-refractivity contribution in [1.29, 1.82) is 0 Å². The summed E-state index contributed by atoms with van der Waals surface area (Å²) < 4.78 is 10.7. The summed E-state index contributed by atoms with van der Waals surface area (Å²) in [6, 6.07) is 7.42. The van der Waals surface area contributed by atoms with Crippen LogP contribution in [-0.2, 0) is 9.47 Å². The molecule has 0 radical (unpaired) electrons. The van der Waals surface area contributed by atoms with E-state index in [2.05, 4.69) is 6.92 Å². The van der Waals surface area contributed by atoms with Crippen LogP contribution in [0.4, 0.5) is 0 Å². The van der Waals surface area contributed by atoms with Gasteiger partial charge in [0.05, 0.1) is 12.2 Å². The zero-order valence-corrected chi connectivity index (χ0v) is 13.4. The molecule has 118 valence electrons. The molecule has 0 amide bonds. The van der Waals surface area contributed by atoms with E-state index in [9.17, 15) is 4.79 Å². The molecule has 3 nitrogen and oxygen atoms in total. The fourth-order valence-electron chi connectivity index (χ4n) is 2.14. The van der Waals surface area contributed by atoms with Gasteiger partial charge in [0, 0.05) is 6.61 Å². The second kappa shape index (κ2) is 11.3. The molecule has 0 heterocycles. The first-order valence-corrected chi connectivity index (χ1v) is 8.05. The van der Waals surface area contributed by atoms with Crippen LogP contribution in [0, 0.1) is 6.92 Å². The van der Waals surface area contributed by atoms with Gasteiger partial charge in [0.15, 0.2) is 0 Å². The van der Waals surface area contributed by atoms with Gasteiger partial charge in [-0.3, -0.25) is 0 Å². The van der Waals surface area contributed by atoms with E-state index in [1.165, 1.54) is 32.1 Å². The Morgan fingerprint density at radius 3 is 2.52 bits per heavy atom. The number of benzene rings is 1. The highest BCUT2D eigenvalue weighted by Gasteiger charge is 2.06. The highest BCUT2D eigenvalue weighted by atomic mass is 16.6. The maximum atomic E-state index is 11.8. The largest absolute Gasteiger partial charge is 0.460 e. The van der Waals surface area contributed by atoms with Crippen LogP contribution in [0.3, 0.4) is 0 Å². The molecule has 0 unspecified atom stereocenters. The molecular formula is C18H28O3. The third-order valence-electron chi connectivity index (χ3n) is 3.36. The first-order valence-electron chi connectivity index (χ1n) is 8.05. The number of hydrogen-bond donors (Lipinski definition) is 0. The highest BCUT2D eigenvalue weighted by molar-refractivity contribution is 5.89. The van der Waals surface area contributed by atoms with E-state index in [-0.39, 0.29) is 5.97 Å². The van der Waals surface area contributed by atoms with Gasteiger partial charge in [-0.05, 0) is 25.5 Å². The van der Waals surface area contributed by atoms with Gasteiger partial charge in [0.2, 0.25) is 0 Å². The predicted octanol–water partition coefficient (Wildman–Crippen LogP) is 4.53. The molecule has 0 N–H and O–H groups in total. The normalized spacial score (nSPS) is 10.6. The Kier molecular flexibility index (Phi) is 9.55. The van der Waals surface area contributed by atoms with Crippen LogP contribution in [0.15, 0.2) is 24.3 Å². The van der Waals surface area contributed by atoms with Crippen molar-refractivity contribution in [2.45, 2.75) is 52.4 Å². The Bertz CT molecular complexity index is 401. The summed E-state index contributed by atoms with van der Waals surface area (Å²) in [5.74, 6) is -0.276. The van der Waals surface area contributed by atoms with E-state index in [4.69, 9.17) is 9.47 Å². The lowest BCUT2D eigenvalue weighted by atomic mass is 10.1. The third kappa shape index (κ3) is 8.51. The van der Waals surface area contributed by atoms with Crippen molar-refractivity contribution >= 4 is 5.97 Å². The van der Waals surface area contributed by atoms with Crippen molar-refractivity contribution in [2.24, 2.45) is 0 Å². The monoisotopic (exact) mass is 292 g/mol. The molecule has 0 fully saturated rings. The summed E-state index contributed by atoms with van der Waals surface area (Å²) >= 11 is 0. The average molecular weight is 292 g/mol. The van der Waals surface area contributed by atoms with Crippen LogP contribution in [0.25, 0.3) is 0 Å². The maximum absolute atomic E-state index is 11.8. The van der Waals surface area contributed by atoms with Crippen molar-refractivity contribution in [3.63, 3.8) is 0 Å². The SMILES string of the molecule is CCCCCCCCOCCOC(=O)c1cccc(C)c1. The minimum atomic E-state index is -0.276. The van der Waals surface area contributed by atoms with Gasteiger partial charge in [-0.25, -0.2) is 4.79 Å². The number of carbonyl (C=O) groups excluding carboxylic acids is 1. The fraction of sp³-hybridized carbons (Fsp3) is 0.611. The minimum Gasteiger partial charge on any atom is -0.460 e. The van der Waals surface area contributed by atoms with E-state index in [1.807, 2.05) is 25.1 Å². The zero-order valence-electron chi connectivity index (χ0n) is 13.4. The Labute approximate surface area is 128 Å². The number of hydrogen-bond acceptors (Lipinski definition) is 3. The molecule has 0 atom stereocenters. The molecule has 0 bridgehead atoms. The summed E-state index contributed by atoms with van der Waals surface area (Å²) in [7, 11) is 0. The van der Waals surface area contributed by atoms with Crippen LogP contribution >= 0.6 is 0 Å². The van der Waals surface area contributed by atoms with Gasteiger partial charge >= 0.3 is 5.97 Å². The van der Waals surface area contributed by atoms with Gasteiger partial charge < -0.3 is 9.47 Å². The topological polar surface area (TPSA) is 35.5 Å². The average Bonchev–Trinajstić information content (AvgIpc) is 2.49. The van der Waals surface area contributed by atoms with Crippen molar-refractivity contribution < 1.29 is 14.3 Å². The van der Waals surface area contributed by atoms with E-state index >= 15 is 0 Å². The third-order valence-corrected chi connectivity index (χ3v) is 3.36. The summed E-state index contributed by atoms with van der Waals surface area (Å²) in [6.07, 6.45) is 7.54. The lowest BCUT2D eigenvalue weighted by Gasteiger charge is -2.06. The van der Waals surface area contributed by atoms with Crippen LogP contribution in [0.1, 0.15) is 61.4 Å². The Hall–Kier alpha value is -1.35. The number of rotatable bonds is 11. The summed E-state index contributed by atoms with van der Waals surface area (Å²) in [5.41, 5.74) is 1.66. The predicted molar refractivity (Wildman–Crippen MR) is 85.7 cm³/mol. The zero-order chi connectivity index (χ0) is 15.3. The van der Waals surface area contributed by atoms with E-state index in [0.717, 1.165) is 18.6 Å². The van der Waals surface area contributed by atoms with Crippen molar-refractivity contribution in [1.82, 2.24) is 0 Å². The van der Waals surface area contributed by atoms with Crippen molar-refractivity contribution in [3.05, 3.63) is 35.4 Å². The molecule has 0 aliphatic carbocycles. The van der Waals surface area contributed by atoms with Crippen LogP contribution in [-0.4, -0.2) is 25.8 Å². The first kappa shape index (κ1) is 17.7. The molecule has 1 rings (SSSR count).